The van der Waals surface area contributed by atoms with Crippen molar-refractivity contribution in [1.82, 2.24) is 9.55 Å². The van der Waals surface area contributed by atoms with Crippen LogP contribution in [0.3, 0.4) is 0 Å². The van der Waals surface area contributed by atoms with Crippen LogP contribution in [0.4, 0.5) is 22.0 Å². The molecule has 0 bridgehead atoms. The molecule has 142 valence electrons. The molecule has 1 aromatic heterocycles. The first-order chi connectivity index (χ1) is 12.7. The van der Waals surface area contributed by atoms with E-state index in [2.05, 4.69) is 4.98 Å². The summed E-state index contributed by atoms with van der Waals surface area (Å²) < 4.78 is 67.4. The van der Waals surface area contributed by atoms with Crippen molar-refractivity contribution in [2.75, 3.05) is 0 Å². The van der Waals surface area contributed by atoms with Crippen LogP contribution in [-0.4, -0.2) is 9.55 Å². The first kappa shape index (κ1) is 19.0. The SMILES string of the molecule is CC(N)c1nc2cccc(C(F)F)c2c(=O)n1-c1cc(F)cc(C(F)F)c1. The van der Waals surface area contributed by atoms with Crippen molar-refractivity contribution in [2.45, 2.75) is 25.8 Å². The van der Waals surface area contributed by atoms with Crippen LogP contribution >= 0.6 is 0 Å². The summed E-state index contributed by atoms with van der Waals surface area (Å²) in [6.45, 7) is 1.48. The monoisotopic (exact) mass is 383 g/mol. The van der Waals surface area contributed by atoms with E-state index in [4.69, 9.17) is 5.73 Å². The van der Waals surface area contributed by atoms with Gasteiger partial charge in [0.1, 0.15) is 11.6 Å². The second-order valence-corrected chi connectivity index (χ2v) is 5.98. The Bertz CT molecular complexity index is 1060. The molecule has 0 aliphatic rings. The Morgan fingerprint density at radius 2 is 1.78 bits per heavy atom. The lowest BCUT2D eigenvalue weighted by molar-refractivity contribution is 0.151. The third kappa shape index (κ3) is 3.42. The summed E-state index contributed by atoms with van der Waals surface area (Å²) in [6.07, 6.45) is -5.94. The number of nitrogens with zero attached hydrogens (tertiary/aromatic N) is 2. The first-order valence-corrected chi connectivity index (χ1v) is 7.89. The van der Waals surface area contributed by atoms with E-state index in [9.17, 15) is 26.7 Å². The van der Waals surface area contributed by atoms with Crippen LogP contribution in [0.5, 0.6) is 0 Å². The Morgan fingerprint density at radius 1 is 1.07 bits per heavy atom. The Balaban J connectivity index is 2.45. The van der Waals surface area contributed by atoms with Crippen LogP contribution in [0.2, 0.25) is 0 Å². The quantitative estimate of drug-likeness (QED) is 0.679. The number of aromatic nitrogens is 2. The van der Waals surface area contributed by atoms with Gasteiger partial charge in [-0.25, -0.2) is 26.9 Å². The zero-order chi connectivity index (χ0) is 19.9. The molecule has 9 heteroatoms. The summed E-state index contributed by atoms with van der Waals surface area (Å²) in [5.41, 5.74) is 3.41. The van der Waals surface area contributed by atoms with Crippen molar-refractivity contribution >= 4 is 10.9 Å². The van der Waals surface area contributed by atoms with E-state index in [1.54, 1.807) is 0 Å². The van der Waals surface area contributed by atoms with Gasteiger partial charge in [-0.05, 0) is 31.2 Å². The maximum atomic E-state index is 13.8. The molecule has 2 N–H and O–H groups in total. The van der Waals surface area contributed by atoms with Crippen LogP contribution < -0.4 is 11.3 Å². The number of halogens is 5. The van der Waals surface area contributed by atoms with Gasteiger partial charge in [0, 0.05) is 11.1 Å². The Labute approximate surface area is 150 Å². The van der Waals surface area contributed by atoms with Crippen molar-refractivity contribution < 1.29 is 22.0 Å². The molecule has 0 amide bonds. The van der Waals surface area contributed by atoms with Gasteiger partial charge in [0.05, 0.1) is 22.6 Å². The third-order valence-corrected chi connectivity index (χ3v) is 4.01. The summed E-state index contributed by atoms with van der Waals surface area (Å²) in [4.78, 5) is 17.1. The van der Waals surface area contributed by atoms with E-state index in [1.165, 1.54) is 19.1 Å². The minimum absolute atomic E-state index is 0.00756. The fourth-order valence-corrected chi connectivity index (χ4v) is 2.86. The van der Waals surface area contributed by atoms with Crippen molar-refractivity contribution in [3.8, 4) is 5.69 Å². The summed E-state index contributed by atoms with van der Waals surface area (Å²) in [7, 11) is 0. The number of fused-ring (bicyclic) bond motifs is 1. The molecule has 1 atom stereocenters. The predicted octanol–water partition coefficient (Wildman–Crippen LogP) is 4.42. The zero-order valence-corrected chi connectivity index (χ0v) is 14.0. The lowest BCUT2D eigenvalue weighted by atomic mass is 10.1. The van der Waals surface area contributed by atoms with E-state index in [0.29, 0.717) is 6.07 Å². The van der Waals surface area contributed by atoms with Crippen molar-refractivity contribution in [3.05, 3.63) is 69.5 Å². The van der Waals surface area contributed by atoms with Crippen LogP contribution in [0.1, 0.15) is 42.8 Å². The van der Waals surface area contributed by atoms with E-state index < -0.39 is 41.4 Å². The highest BCUT2D eigenvalue weighted by Gasteiger charge is 2.22. The Kier molecular flexibility index (Phi) is 4.97. The molecule has 0 aliphatic carbocycles. The molecule has 3 rings (SSSR count). The van der Waals surface area contributed by atoms with E-state index in [1.807, 2.05) is 0 Å². The minimum atomic E-state index is -2.99. The number of nitrogens with two attached hydrogens (primary N) is 1. The standard InChI is InChI=1S/C18H14F5N3O/c1-8(24)17-25-13-4-2-3-12(16(22)23)14(13)18(27)26(17)11-6-9(15(20)21)5-10(19)7-11/h2-8,15-16H,24H2,1H3. The van der Waals surface area contributed by atoms with Gasteiger partial charge in [-0.1, -0.05) is 12.1 Å². The number of alkyl halides is 4. The summed E-state index contributed by atoms with van der Waals surface area (Å²) in [5, 5.41) is -0.375. The largest absolute Gasteiger partial charge is 0.322 e. The van der Waals surface area contributed by atoms with Gasteiger partial charge in [-0.15, -0.1) is 0 Å². The summed E-state index contributed by atoms with van der Waals surface area (Å²) in [6, 6.07) is 5.29. The number of rotatable bonds is 4. The lowest BCUT2D eigenvalue weighted by Gasteiger charge is -2.18. The molecule has 0 saturated heterocycles. The molecular formula is C18H14F5N3O. The third-order valence-electron chi connectivity index (χ3n) is 4.01. The molecule has 27 heavy (non-hydrogen) atoms. The second-order valence-electron chi connectivity index (χ2n) is 5.98. The highest BCUT2D eigenvalue weighted by atomic mass is 19.3. The van der Waals surface area contributed by atoms with Gasteiger partial charge >= 0.3 is 0 Å². The van der Waals surface area contributed by atoms with Crippen molar-refractivity contribution in [3.63, 3.8) is 0 Å². The van der Waals surface area contributed by atoms with Crippen LogP contribution in [0, 0.1) is 5.82 Å². The van der Waals surface area contributed by atoms with Crippen LogP contribution in [0.15, 0.2) is 41.2 Å². The normalized spacial score (nSPS) is 12.9. The van der Waals surface area contributed by atoms with Gasteiger partial charge < -0.3 is 5.73 Å². The smallest absolute Gasteiger partial charge is 0.266 e. The maximum Gasteiger partial charge on any atom is 0.266 e. The Morgan fingerprint density at radius 3 is 2.37 bits per heavy atom. The molecule has 0 aliphatic heterocycles. The van der Waals surface area contributed by atoms with Crippen LogP contribution in [-0.2, 0) is 0 Å². The molecule has 1 heterocycles. The Hall–Kier alpha value is -2.81. The topological polar surface area (TPSA) is 60.9 Å². The predicted molar refractivity (Wildman–Crippen MR) is 89.8 cm³/mol. The second kappa shape index (κ2) is 7.07. The molecule has 4 nitrogen and oxygen atoms in total. The summed E-state index contributed by atoms with van der Waals surface area (Å²) >= 11 is 0. The number of benzene rings is 2. The van der Waals surface area contributed by atoms with Gasteiger partial charge in [-0.2, -0.15) is 0 Å². The average Bonchev–Trinajstić information content (AvgIpc) is 2.60. The highest BCUT2D eigenvalue weighted by Crippen LogP contribution is 2.28. The molecule has 2 aromatic carbocycles. The first-order valence-electron chi connectivity index (χ1n) is 7.89. The zero-order valence-electron chi connectivity index (χ0n) is 14.0. The highest BCUT2D eigenvalue weighted by molar-refractivity contribution is 5.82. The molecular weight excluding hydrogens is 369 g/mol. The van der Waals surface area contributed by atoms with Gasteiger partial charge in [0.15, 0.2) is 0 Å². The van der Waals surface area contributed by atoms with E-state index >= 15 is 0 Å². The average molecular weight is 383 g/mol. The van der Waals surface area contributed by atoms with E-state index in [0.717, 1.165) is 22.8 Å². The number of hydrogen-bond donors (Lipinski definition) is 1. The van der Waals surface area contributed by atoms with Gasteiger partial charge in [0.2, 0.25) is 0 Å². The summed E-state index contributed by atoms with van der Waals surface area (Å²) in [5.74, 6) is -1.07. The van der Waals surface area contributed by atoms with Gasteiger partial charge in [-0.3, -0.25) is 9.36 Å². The molecule has 1 unspecified atom stereocenters. The molecule has 0 saturated carbocycles. The molecule has 0 fully saturated rings. The molecule has 3 aromatic rings. The fourth-order valence-electron chi connectivity index (χ4n) is 2.86. The van der Waals surface area contributed by atoms with E-state index in [-0.39, 0.29) is 22.4 Å². The lowest BCUT2D eigenvalue weighted by Crippen LogP contribution is -2.28. The van der Waals surface area contributed by atoms with Crippen molar-refractivity contribution in [1.29, 1.82) is 0 Å². The van der Waals surface area contributed by atoms with Crippen LogP contribution in [0.25, 0.3) is 16.6 Å². The fraction of sp³-hybridized carbons (Fsp3) is 0.222. The molecule has 0 spiro atoms. The van der Waals surface area contributed by atoms with Gasteiger partial charge in [0.25, 0.3) is 18.4 Å². The molecule has 0 radical (unpaired) electrons. The maximum absolute atomic E-state index is 13.8. The number of hydrogen-bond acceptors (Lipinski definition) is 3. The van der Waals surface area contributed by atoms with Crippen molar-refractivity contribution in [2.24, 2.45) is 5.73 Å². The minimum Gasteiger partial charge on any atom is -0.322 e.